The first kappa shape index (κ1) is 16.9. The Hall–Kier alpha value is -1.47. The van der Waals surface area contributed by atoms with Crippen molar-refractivity contribution >= 4 is 45.8 Å². The third-order valence-corrected chi connectivity index (χ3v) is 4.18. The van der Waals surface area contributed by atoms with Gasteiger partial charge in [-0.3, -0.25) is 4.79 Å². The molecule has 0 bridgehead atoms. The number of hydrogen-bond acceptors (Lipinski definition) is 3. The molecule has 0 atom stereocenters. The average Bonchev–Trinajstić information content (AvgIpc) is 2.49. The fourth-order valence-electron chi connectivity index (χ4n) is 1.97. The number of aryl methyl sites for hydroxylation is 1. The Morgan fingerprint density at radius 3 is 2.55 bits per heavy atom. The summed E-state index contributed by atoms with van der Waals surface area (Å²) in [4.78, 5) is 12.4. The Morgan fingerprint density at radius 2 is 1.91 bits per heavy atom. The van der Waals surface area contributed by atoms with Crippen molar-refractivity contribution in [1.29, 1.82) is 0 Å². The van der Waals surface area contributed by atoms with E-state index in [-0.39, 0.29) is 5.91 Å². The number of rotatable bonds is 4. The van der Waals surface area contributed by atoms with E-state index >= 15 is 0 Å². The summed E-state index contributed by atoms with van der Waals surface area (Å²) in [6.07, 6.45) is 0. The minimum atomic E-state index is -0.232. The fourth-order valence-corrected chi connectivity index (χ4v) is 2.97. The zero-order chi connectivity index (χ0) is 16.3. The second-order valence-corrected chi connectivity index (χ2v) is 6.21. The highest BCUT2D eigenvalue weighted by atomic mass is 127. The van der Waals surface area contributed by atoms with Crippen LogP contribution < -0.4 is 14.8 Å². The lowest BCUT2D eigenvalue weighted by Crippen LogP contribution is -2.13. The molecular weight excluding hydrogens is 417 g/mol. The van der Waals surface area contributed by atoms with E-state index in [1.807, 2.05) is 13.0 Å². The Morgan fingerprint density at radius 1 is 1.18 bits per heavy atom. The molecule has 0 saturated carbocycles. The van der Waals surface area contributed by atoms with E-state index < -0.39 is 0 Å². The standard InChI is InChI=1S/C16H15ClINO3/c1-9-4-5-11(17)8-13(9)19-16(20)10-6-12(18)15(22-3)14(7-10)21-2/h4-8H,1-3H3,(H,19,20). The zero-order valence-corrected chi connectivity index (χ0v) is 15.3. The molecule has 2 rings (SSSR count). The predicted molar refractivity (Wildman–Crippen MR) is 96.4 cm³/mol. The lowest BCUT2D eigenvalue weighted by Gasteiger charge is -2.13. The van der Waals surface area contributed by atoms with Gasteiger partial charge < -0.3 is 14.8 Å². The molecule has 0 heterocycles. The van der Waals surface area contributed by atoms with Gasteiger partial charge in [0.2, 0.25) is 0 Å². The van der Waals surface area contributed by atoms with Crippen LogP contribution in [-0.4, -0.2) is 20.1 Å². The molecule has 0 radical (unpaired) electrons. The van der Waals surface area contributed by atoms with Gasteiger partial charge in [0.05, 0.1) is 17.8 Å². The molecule has 0 aromatic heterocycles. The van der Waals surface area contributed by atoms with Crippen LogP contribution in [0.5, 0.6) is 11.5 Å². The van der Waals surface area contributed by atoms with Gasteiger partial charge in [0.15, 0.2) is 11.5 Å². The van der Waals surface area contributed by atoms with Crippen molar-refractivity contribution < 1.29 is 14.3 Å². The topological polar surface area (TPSA) is 47.6 Å². The highest BCUT2D eigenvalue weighted by molar-refractivity contribution is 14.1. The van der Waals surface area contributed by atoms with Crippen LogP contribution in [0, 0.1) is 10.5 Å². The molecule has 2 aromatic rings. The Labute approximate surface area is 147 Å². The number of carbonyl (C=O) groups excluding carboxylic acids is 1. The lowest BCUT2D eigenvalue weighted by atomic mass is 10.1. The van der Waals surface area contributed by atoms with Crippen molar-refractivity contribution in [1.82, 2.24) is 0 Å². The molecule has 4 nitrogen and oxygen atoms in total. The van der Waals surface area contributed by atoms with Crippen LogP contribution in [0.15, 0.2) is 30.3 Å². The molecule has 1 N–H and O–H groups in total. The maximum Gasteiger partial charge on any atom is 0.255 e. The van der Waals surface area contributed by atoms with Crippen molar-refractivity contribution in [2.45, 2.75) is 6.92 Å². The van der Waals surface area contributed by atoms with Crippen LogP contribution in [0.1, 0.15) is 15.9 Å². The summed E-state index contributed by atoms with van der Waals surface area (Å²) in [5.74, 6) is 0.894. The van der Waals surface area contributed by atoms with Crippen molar-refractivity contribution in [3.8, 4) is 11.5 Å². The monoisotopic (exact) mass is 431 g/mol. The van der Waals surface area contributed by atoms with Crippen molar-refractivity contribution in [3.63, 3.8) is 0 Å². The quantitative estimate of drug-likeness (QED) is 0.724. The highest BCUT2D eigenvalue weighted by Gasteiger charge is 2.15. The number of ether oxygens (including phenoxy) is 2. The number of nitrogens with one attached hydrogen (secondary N) is 1. The first-order valence-electron chi connectivity index (χ1n) is 6.45. The van der Waals surface area contributed by atoms with E-state index in [1.54, 1.807) is 31.4 Å². The molecule has 0 spiro atoms. The molecule has 0 unspecified atom stereocenters. The molecule has 0 aliphatic heterocycles. The van der Waals surface area contributed by atoms with E-state index in [4.69, 9.17) is 21.1 Å². The van der Waals surface area contributed by atoms with Crippen LogP contribution >= 0.6 is 34.2 Å². The van der Waals surface area contributed by atoms with Crippen LogP contribution in [0.25, 0.3) is 0 Å². The normalized spacial score (nSPS) is 10.2. The van der Waals surface area contributed by atoms with Gasteiger partial charge in [-0.25, -0.2) is 0 Å². The Kier molecular flexibility index (Phi) is 5.52. The molecule has 2 aromatic carbocycles. The maximum absolute atomic E-state index is 12.4. The average molecular weight is 432 g/mol. The van der Waals surface area contributed by atoms with Gasteiger partial charge in [0.1, 0.15) is 0 Å². The van der Waals surface area contributed by atoms with Crippen LogP contribution in [0.4, 0.5) is 5.69 Å². The Bertz CT molecular complexity index is 719. The number of carbonyl (C=O) groups is 1. The summed E-state index contributed by atoms with van der Waals surface area (Å²) in [6, 6.07) is 8.76. The minimum Gasteiger partial charge on any atom is -0.493 e. The first-order valence-corrected chi connectivity index (χ1v) is 7.91. The second-order valence-electron chi connectivity index (χ2n) is 4.61. The van der Waals surface area contributed by atoms with Crippen LogP contribution in [0.3, 0.4) is 0 Å². The maximum atomic E-state index is 12.4. The largest absolute Gasteiger partial charge is 0.493 e. The SMILES string of the molecule is COc1cc(C(=O)Nc2cc(Cl)ccc2C)cc(I)c1OC. The van der Waals surface area contributed by atoms with Gasteiger partial charge in [-0.1, -0.05) is 17.7 Å². The van der Waals surface area contributed by atoms with Crippen molar-refractivity contribution in [3.05, 3.63) is 50.1 Å². The number of halogens is 2. The number of amides is 1. The molecule has 116 valence electrons. The molecule has 0 saturated heterocycles. The molecule has 22 heavy (non-hydrogen) atoms. The van der Waals surface area contributed by atoms with Gasteiger partial charge >= 0.3 is 0 Å². The molecule has 0 aliphatic rings. The first-order chi connectivity index (χ1) is 10.5. The molecule has 0 aliphatic carbocycles. The summed E-state index contributed by atoms with van der Waals surface area (Å²) in [7, 11) is 3.10. The molecule has 6 heteroatoms. The van der Waals surface area contributed by atoms with Gasteiger partial charge in [-0.2, -0.15) is 0 Å². The third kappa shape index (κ3) is 3.64. The summed E-state index contributed by atoms with van der Waals surface area (Å²) >= 11 is 8.07. The summed E-state index contributed by atoms with van der Waals surface area (Å²) in [5.41, 5.74) is 2.11. The minimum absolute atomic E-state index is 0.232. The van der Waals surface area contributed by atoms with Gasteiger partial charge in [0.25, 0.3) is 5.91 Å². The summed E-state index contributed by atoms with van der Waals surface area (Å²) in [5, 5.41) is 3.43. The van der Waals surface area contributed by atoms with Crippen molar-refractivity contribution in [2.75, 3.05) is 19.5 Å². The van der Waals surface area contributed by atoms with E-state index in [0.717, 1.165) is 9.13 Å². The van der Waals surface area contributed by atoms with Crippen LogP contribution in [0.2, 0.25) is 5.02 Å². The number of methoxy groups -OCH3 is 2. The van der Waals surface area contributed by atoms with Gasteiger partial charge in [0, 0.05) is 16.3 Å². The van der Waals surface area contributed by atoms with Gasteiger partial charge in [-0.05, 0) is 59.3 Å². The third-order valence-electron chi connectivity index (χ3n) is 3.14. The van der Waals surface area contributed by atoms with Gasteiger partial charge in [-0.15, -0.1) is 0 Å². The molecule has 0 fully saturated rings. The number of hydrogen-bond donors (Lipinski definition) is 1. The number of anilines is 1. The highest BCUT2D eigenvalue weighted by Crippen LogP contribution is 2.33. The van der Waals surface area contributed by atoms with Crippen LogP contribution in [-0.2, 0) is 0 Å². The lowest BCUT2D eigenvalue weighted by molar-refractivity contribution is 0.102. The fraction of sp³-hybridized carbons (Fsp3) is 0.188. The Balaban J connectivity index is 2.34. The predicted octanol–water partition coefficient (Wildman–Crippen LogP) is 4.52. The van der Waals surface area contributed by atoms with E-state index in [0.29, 0.717) is 27.8 Å². The summed E-state index contributed by atoms with van der Waals surface area (Å²) < 4.78 is 11.3. The second kappa shape index (κ2) is 7.19. The molecule has 1 amide bonds. The molecular formula is C16H15ClINO3. The summed E-state index contributed by atoms with van der Waals surface area (Å²) in [6.45, 7) is 1.91. The van der Waals surface area contributed by atoms with E-state index in [1.165, 1.54) is 7.11 Å². The number of benzene rings is 2. The van der Waals surface area contributed by atoms with E-state index in [2.05, 4.69) is 27.9 Å². The zero-order valence-electron chi connectivity index (χ0n) is 12.4. The van der Waals surface area contributed by atoms with E-state index in [9.17, 15) is 4.79 Å². The van der Waals surface area contributed by atoms with Crippen molar-refractivity contribution in [2.24, 2.45) is 0 Å². The smallest absolute Gasteiger partial charge is 0.255 e.